The van der Waals surface area contributed by atoms with Gasteiger partial charge in [-0.2, -0.15) is 13.2 Å². The number of hydrogen-bond acceptors (Lipinski definition) is 2. The number of amides is 1. The second-order valence-electron chi connectivity index (χ2n) is 5.05. The highest BCUT2D eigenvalue weighted by Gasteiger charge is 2.33. The van der Waals surface area contributed by atoms with Crippen molar-refractivity contribution in [3.63, 3.8) is 0 Å². The molecule has 0 aromatic heterocycles. The number of carbonyl (C=O) groups is 1. The van der Waals surface area contributed by atoms with Crippen molar-refractivity contribution < 1.29 is 22.7 Å². The summed E-state index contributed by atoms with van der Waals surface area (Å²) in [4.78, 5) is 14.0. The highest BCUT2D eigenvalue weighted by atomic mass is 79.9. The molecule has 1 aromatic carbocycles. The van der Waals surface area contributed by atoms with Crippen LogP contribution in [-0.2, 0) is 10.9 Å². The number of nitrogens with zero attached hydrogens (tertiary/aromatic N) is 1. The van der Waals surface area contributed by atoms with Gasteiger partial charge in [0.2, 0.25) is 0 Å². The largest absolute Gasteiger partial charge is 0.416 e. The van der Waals surface area contributed by atoms with Crippen LogP contribution in [-0.4, -0.2) is 37.6 Å². The number of carbonyl (C=O) groups excluding carboxylic acids is 1. The first-order valence-electron chi connectivity index (χ1n) is 6.48. The summed E-state index contributed by atoms with van der Waals surface area (Å²) in [6, 6.07) is 3.12. The van der Waals surface area contributed by atoms with Crippen LogP contribution in [0, 0.1) is 5.92 Å². The lowest BCUT2D eigenvalue weighted by Gasteiger charge is -2.18. The summed E-state index contributed by atoms with van der Waals surface area (Å²) in [5.41, 5.74) is -0.774. The van der Waals surface area contributed by atoms with Crippen molar-refractivity contribution in [2.24, 2.45) is 5.92 Å². The van der Waals surface area contributed by atoms with E-state index in [0.29, 0.717) is 24.2 Å². The zero-order valence-corrected chi connectivity index (χ0v) is 13.0. The summed E-state index contributed by atoms with van der Waals surface area (Å²) < 4.78 is 43.7. The van der Waals surface area contributed by atoms with Crippen molar-refractivity contribution in [1.29, 1.82) is 0 Å². The van der Waals surface area contributed by atoms with Gasteiger partial charge in [-0.25, -0.2) is 0 Å². The lowest BCUT2D eigenvalue weighted by Crippen LogP contribution is -2.29. The molecule has 0 spiro atoms. The summed E-state index contributed by atoms with van der Waals surface area (Å²) in [6.07, 6.45) is -3.66. The van der Waals surface area contributed by atoms with Crippen LogP contribution in [0.4, 0.5) is 13.2 Å². The predicted octanol–water partition coefficient (Wildman–Crippen LogP) is 3.58. The monoisotopic (exact) mass is 365 g/mol. The number of hydrogen-bond donors (Lipinski definition) is 0. The average Bonchev–Trinajstić information content (AvgIpc) is 2.86. The summed E-state index contributed by atoms with van der Waals surface area (Å²) >= 11 is 3.15. The molecule has 1 heterocycles. The maximum atomic E-state index is 12.7. The van der Waals surface area contributed by atoms with Crippen LogP contribution in [0.5, 0.6) is 0 Å². The Labute approximate surface area is 129 Å². The second-order valence-corrected chi connectivity index (χ2v) is 5.91. The standard InChI is InChI=1S/C14H15BrF3NO2/c1-21-8-9-4-5-19(7-9)13(20)11-6-10(14(16,17)18)2-3-12(11)15/h2-3,6,9H,4-5,7-8H2,1H3. The summed E-state index contributed by atoms with van der Waals surface area (Å²) in [5.74, 6) is -0.143. The van der Waals surface area contributed by atoms with Crippen LogP contribution in [0.1, 0.15) is 22.3 Å². The van der Waals surface area contributed by atoms with Crippen LogP contribution in [0.2, 0.25) is 0 Å². The fourth-order valence-corrected chi connectivity index (χ4v) is 2.84. The normalized spacial score (nSPS) is 19.1. The van der Waals surface area contributed by atoms with Crippen molar-refractivity contribution >= 4 is 21.8 Å². The van der Waals surface area contributed by atoms with E-state index >= 15 is 0 Å². The fourth-order valence-electron chi connectivity index (χ4n) is 2.42. The SMILES string of the molecule is COCC1CCN(C(=O)c2cc(C(F)(F)F)ccc2Br)C1. The van der Waals surface area contributed by atoms with Gasteiger partial charge in [-0.1, -0.05) is 0 Å². The molecular weight excluding hydrogens is 351 g/mol. The predicted molar refractivity (Wildman–Crippen MR) is 75.0 cm³/mol. The van der Waals surface area contributed by atoms with Gasteiger partial charge in [0.05, 0.1) is 17.7 Å². The van der Waals surface area contributed by atoms with Crippen molar-refractivity contribution in [2.75, 3.05) is 26.8 Å². The molecule has 21 heavy (non-hydrogen) atoms. The molecule has 1 fully saturated rings. The van der Waals surface area contributed by atoms with Crippen molar-refractivity contribution in [1.82, 2.24) is 4.90 Å². The first kappa shape index (κ1) is 16.3. The Morgan fingerprint density at radius 3 is 2.81 bits per heavy atom. The number of rotatable bonds is 3. The summed E-state index contributed by atoms with van der Waals surface area (Å²) in [7, 11) is 1.59. The lowest BCUT2D eigenvalue weighted by atomic mass is 10.1. The maximum absolute atomic E-state index is 12.7. The number of alkyl halides is 3. The minimum Gasteiger partial charge on any atom is -0.384 e. The fraction of sp³-hybridized carbons (Fsp3) is 0.500. The molecule has 0 N–H and O–H groups in total. The Morgan fingerprint density at radius 2 is 2.19 bits per heavy atom. The molecule has 0 aliphatic carbocycles. The van der Waals surface area contributed by atoms with E-state index in [2.05, 4.69) is 15.9 Å². The molecule has 116 valence electrons. The third-order valence-electron chi connectivity index (χ3n) is 3.50. The molecule has 1 aromatic rings. The molecule has 1 saturated heterocycles. The molecule has 3 nitrogen and oxygen atoms in total. The Hall–Kier alpha value is -1.08. The zero-order chi connectivity index (χ0) is 15.6. The van der Waals surface area contributed by atoms with Gasteiger partial charge in [0, 0.05) is 30.6 Å². The minimum absolute atomic E-state index is 0.0443. The molecular formula is C14H15BrF3NO2. The highest BCUT2D eigenvalue weighted by Crippen LogP contribution is 2.32. The number of methoxy groups -OCH3 is 1. The van der Waals surface area contributed by atoms with Gasteiger partial charge in [0.1, 0.15) is 0 Å². The molecule has 1 amide bonds. The van der Waals surface area contributed by atoms with Crippen molar-refractivity contribution in [3.05, 3.63) is 33.8 Å². The van der Waals surface area contributed by atoms with Crippen LogP contribution in [0.25, 0.3) is 0 Å². The van der Waals surface area contributed by atoms with Gasteiger partial charge in [0.25, 0.3) is 5.91 Å². The minimum atomic E-state index is -4.46. The van der Waals surface area contributed by atoms with Crippen LogP contribution in [0.3, 0.4) is 0 Å². The summed E-state index contributed by atoms with van der Waals surface area (Å²) in [6.45, 7) is 1.60. The Balaban J connectivity index is 2.20. The molecule has 0 bridgehead atoms. The van der Waals surface area contributed by atoms with E-state index in [1.165, 1.54) is 6.07 Å². The smallest absolute Gasteiger partial charge is 0.384 e. The van der Waals surface area contributed by atoms with Gasteiger partial charge >= 0.3 is 6.18 Å². The number of likely N-dealkylation sites (tertiary alicyclic amines) is 1. The Kier molecular flexibility index (Phi) is 4.93. The molecule has 2 rings (SSSR count). The van der Waals surface area contributed by atoms with Gasteiger partial charge in [-0.15, -0.1) is 0 Å². The van der Waals surface area contributed by atoms with Crippen LogP contribution < -0.4 is 0 Å². The molecule has 0 saturated carbocycles. The Bertz CT molecular complexity index is 533. The molecule has 1 aliphatic heterocycles. The van der Waals surface area contributed by atoms with Crippen molar-refractivity contribution in [2.45, 2.75) is 12.6 Å². The number of benzene rings is 1. The van der Waals surface area contributed by atoms with Gasteiger partial charge < -0.3 is 9.64 Å². The maximum Gasteiger partial charge on any atom is 0.416 e. The van der Waals surface area contributed by atoms with E-state index in [0.717, 1.165) is 18.6 Å². The topological polar surface area (TPSA) is 29.5 Å². The third kappa shape index (κ3) is 3.77. The zero-order valence-electron chi connectivity index (χ0n) is 11.4. The van der Waals surface area contributed by atoms with E-state index in [1.54, 1.807) is 12.0 Å². The Morgan fingerprint density at radius 1 is 1.48 bits per heavy atom. The molecule has 7 heteroatoms. The first-order chi connectivity index (χ1) is 9.82. The van der Waals surface area contributed by atoms with E-state index in [-0.39, 0.29) is 17.4 Å². The number of halogens is 4. The van der Waals surface area contributed by atoms with Crippen LogP contribution in [0.15, 0.2) is 22.7 Å². The lowest BCUT2D eigenvalue weighted by molar-refractivity contribution is -0.137. The molecule has 1 unspecified atom stereocenters. The summed E-state index contributed by atoms with van der Waals surface area (Å²) in [5, 5.41) is 0. The van der Waals surface area contributed by atoms with Gasteiger partial charge in [0.15, 0.2) is 0 Å². The molecule has 1 atom stereocenters. The van der Waals surface area contributed by atoms with E-state index in [4.69, 9.17) is 4.74 Å². The van der Waals surface area contributed by atoms with Gasteiger partial charge in [-0.05, 0) is 40.5 Å². The van der Waals surface area contributed by atoms with Crippen LogP contribution >= 0.6 is 15.9 Å². The average molecular weight is 366 g/mol. The van der Waals surface area contributed by atoms with E-state index in [9.17, 15) is 18.0 Å². The highest BCUT2D eigenvalue weighted by molar-refractivity contribution is 9.10. The number of ether oxygens (including phenoxy) is 1. The molecule has 0 radical (unpaired) electrons. The third-order valence-corrected chi connectivity index (χ3v) is 4.19. The van der Waals surface area contributed by atoms with Crippen molar-refractivity contribution in [3.8, 4) is 0 Å². The quantitative estimate of drug-likeness (QED) is 0.819. The first-order valence-corrected chi connectivity index (χ1v) is 7.27. The van der Waals surface area contributed by atoms with E-state index < -0.39 is 11.7 Å². The second kappa shape index (κ2) is 6.36. The van der Waals surface area contributed by atoms with E-state index in [1.807, 2.05) is 0 Å². The molecule has 1 aliphatic rings. The van der Waals surface area contributed by atoms with Gasteiger partial charge in [-0.3, -0.25) is 4.79 Å².